The van der Waals surface area contributed by atoms with E-state index in [1.54, 1.807) is 11.8 Å². The number of carboxylic acid groups (broad SMARTS) is 1. The van der Waals surface area contributed by atoms with E-state index in [2.05, 4.69) is 6.92 Å². The van der Waals surface area contributed by atoms with Gasteiger partial charge in [-0.15, -0.1) is 0 Å². The van der Waals surface area contributed by atoms with E-state index < -0.39 is 5.97 Å². The molecule has 0 radical (unpaired) electrons. The maximum absolute atomic E-state index is 11.5. The zero-order valence-corrected chi connectivity index (χ0v) is 9.66. The molecule has 1 amide bonds. The van der Waals surface area contributed by atoms with Crippen LogP contribution in [0.1, 0.15) is 46.0 Å². The predicted octanol–water partition coefficient (Wildman–Crippen LogP) is 1.89. The number of amides is 1. The lowest BCUT2D eigenvalue weighted by Crippen LogP contribution is -2.33. The van der Waals surface area contributed by atoms with Crippen LogP contribution >= 0.6 is 0 Å². The maximum atomic E-state index is 11.5. The first-order valence-electron chi connectivity index (χ1n) is 5.61. The van der Waals surface area contributed by atoms with Gasteiger partial charge in [0.25, 0.3) is 0 Å². The highest BCUT2D eigenvalue weighted by atomic mass is 16.4. The Labute approximate surface area is 91.3 Å². The van der Waals surface area contributed by atoms with Crippen molar-refractivity contribution >= 4 is 11.9 Å². The van der Waals surface area contributed by atoms with Crippen molar-refractivity contribution in [1.82, 2.24) is 4.90 Å². The summed E-state index contributed by atoms with van der Waals surface area (Å²) in [4.78, 5) is 23.5. The summed E-state index contributed by atoms with van der Waals surface area (Å²) in [6.45, 7) is 4.93. The van der Waals surface area contributed by atoms with E-state index in [0.29, 0.717) is 19.5 Å². The third kappa shape index (κ3) is 6.94. The Bertz CT molecular complexity index is 204. The molecule has 4 heteroatoms. The van der Waals surface area contributed by atoms with Crippen molar-refractivity contribution in [1.29, 1.82) is 0 Å². The Balaban J connectivity index is 3.95. The molecule has 0 rings (SSSR count). The van der Waals surface area contributed by atoms with Crippen molar-refractivity contribution in [2.24, 2.45) is 0 Å². The van der Waals surface area contributed by atoms with Crippen LogP contribution in [0.3, 0.4) is 0 Å². The standard InChI is InChI=1S/C11H21NO3/c1-3-5-6-8-12(10(13)4-2)9-7-11(14)15/h3-9H2,1-2H3,(H,14,15). The van der Waals surface area contributed by atoms with E-state index in [9.17, 15) is 9.59 Å². The molecule has 0 aromatic heterocycles. The Kier molecular flexibility index (Phi) is 7.68. The van der Waals surface area contributed by atoms with Gasteiger partial charge in [0.05, 0.1) is 6.42 Å². The fourth-order valence-electron chi connectivity index (χ4n) is 1.37. The fourth-order valence-corrected chi connectivity index (χ4v) is 1.37. The van der Waals surface area contributed by atoms with E-state index in [0.717, 1.165) is 19.3 Å². The van der Waals surface area contributed by atoms with Crippen LogP contribution in [-0.2, 0) is 9.59 Å². The third-order valence-electron chi connectivity index (χ3n) is 2.28. The van der Waals surface area contributed by atoms with Crippen LogP contribution in [-0.4, -0.2) is 35.0 Å². The van der Waals surface area contributed by atoms with Crippen LogP contribution in [0.5, 0.6) is 0 Å². The second-order valence-electron chi connectivity index (χ2n) is 3.59. The molecule has 0 saturated carbocycles. The molecule has 0 aliphatic heterocycles. The second-order valence-corrected chi connectivity index (χ2v) is 3.59. The van der Waals surface area contributed by atoms with E-state index in [1.807, 2.05) is 0 Å². The summed E-state index contributed by atoms with van der Waals surface area (Å²) < 4.78 is 0. The van der Waals surface area contributed by atoms with Crippen LogP contribution in [0.2, 0.25) is 0 Å². The van der Waals surface area contributed by atoms with Gasteiger partial charge < -0.3 is 10.0 Å². The molecule has 0 saturated heterocycles. The normalized spacial score (nSPS) is 10.0. The molecule has 88 valence electrons. The summed E-state index contributed by atoms with van der Waals surface area (Å²) in [5.41, 5.74) is 0. The van der Waals surface area contributed by atoms with Gasteiger partial charge in [-0.1, -0.05) is 26.7 Å². The van der Waals surface area contributed by atoms with Crippen LogP contribution in [0, 0.1) is 0 Å². The molecule has 0 heterocycles. The predicted molar refractivity (Wildman–Crippen MR) is 58.6 cm³/mol. The monoisotopic (exact) mass is 215 g/mol. The number of carbonyl (C=O) groups excluding carboxylic acids is 1. The number of unbranched alkanes of at least 4 members (excludes halogenated alkanes) is 2. The third-order valence-corrected chi connectivity index (χ3v) is 2.28. The lowest BCUT2D eigenvalue weighted by molar-refractivity contribution is -0.138. The summed E-state index contributed by atoms with van der Waals surface area (Å²) in [7, 11) is 0. The van der Waals surface area contributed by atoms with Gasteiger partial charge in [0.2, 0.25) is 5.91 Å². The lowest BCUT2D eigenvalue weighted by atomic mass is 10.2. The van der Waals surface area contributed by atoms with Crippen molar-refractivity contribution in [2.75, 3.05) is 13.1 Å². The van der Waals surface area contributed by atoms with Gasteiger partial charge in [-0.2, -0.15) is 0 Å². The number of aliphatic carboxylic acids is 1. The van der Waals surface area contributed by atoms with Crippen molar-refractivity contribution in [3.8, 4) is 0 Å². The molecular weight excluding hydrogens is 194 g/mol. The molecular formula is C11H21NO3. The maximum Gasteiger partial charge on any atom is 0.305 e. The van der Waals surface area contributed by atoms with Gasteiger partial charge in [0, 0.05) is 19.5 Å². The minimum absolute atomic E-state index is 0.0395. The fraction of sp³-hybridized carbons (Fsp3) is 0.818. The first-order chi connectivity index (χ1) is 7.11. The number of rotatable bonds is 8. The zero-order chi connectivity index (χ0) is 11.7. The van der Waals surface area contributed by atoms with Gasteiger partial charge in [0.1, 0.15) is 0 Å². The number of hydrogen-bond acceptors (Lipinski definition) is 2. The molecule has 0 aromatic rings. The molecule has 0 bridgehead atoms. The van der Waals surface area contributed by atoms with Crippen molar-refractivity contribution in [3.05, 3.63) is 0 Å². The van der Waals surface area contributed by atoms with Crippen molar-refractivity contribution in [2.45, 2.75) is 46.0 Å². The summed E-state index contributed by atoms with van der Waals surface area (Å²) in [6.07, 6.45) is 3.64. The Morgan fingerprint density at radius 2 is 1.80 bits per heavy atom. The van der Waals surface area contributed by atoms with Crippen molar-refractivity contribution in [3.63, 3.8) is 0 Å². The van der Waals surface area contributed by atoms with Crippen LogP contribution in [0.15, 0.2) is 0 Å². The number of carboxylic acids is 1. The molecule has 15 heavy (non-hydrogen) atoms. The van der Waals surface area contributed by atoms with Gasteiger partial charge in [-0.3, -0.25) is 9.59 Å². The average molecular weight is 215 g/mol. The Morgan fingerprint density at radius 3 is 2.27 bits per heavy atom. The smallest absolute Gasteiger partial charge is 0.305 e. The number of carbonyl (C=O) groups is 2. The summed E-state index contributed by atoms with van der Waals surface area (Å²) in [5, 5.41) is 8.55. The molecule has 0 fully saturated rings. The largest absolute Gasteiger partial charge is 0.481 e. The molecule has 0 aromatic carbocycles. The number of nitrogens with zero attached hydrogens (tertiary/aromatic N) is 1. The summed E-state index contributed by atoms with van der Waals surface area (Å²) in [6, 6.07) is 0. The molecule has 0 spiro atoms. The highest BCUT2D eigenvalue weighted by Gasteiger charge is 2.11. The minimum Gasteiger partial charge on any atom is -0.481 e. The van der Waals surface area contributed by atoms with E-state index in [-0.39, 0.29) is 12.3 Å². The van der Waals surface area contributed by atoms with Gasteiger partial charge in [-0.25, -0.2) is 0 Å². The summed E-state index contributed by atoms with van der Waals surface area (Å²) >= 11 is 0. The SMILES string of the molecule is CCCCCN(CCC(=O)O)C(=O)CC. The Morgan fingerprint density at radius 1 is 1.13 bits per heavy atom. The van der Waals surface area contributed by atoms with Crippen LogP contribution < -0.4 is 0 Å². The quantitative estimate of drug-likeness (QED) is 0.629. The van der Waals surface area contributed by atoms with Gasteiger partial charge in [-0.05, 0) is 6.42 Å². The molecule has 0 aliphatic rings. The van der Waals surface area contributed by atoms with E-state index in [4.69, 9.17) is 5.11 Å². The lowest BCUT2D eigenvalue weighted by Gasteiger charge is -2.21. The van der Waals surface area contributed by atoms with Gasteiger partial charge in [0.15, 0.2) is 0 Å². The first-order valence-corrected chi connectivity index (χ1v) is 5.61. The topological polar surface area (TPSA) is 57.6 Å². The minimum atomic E-state index is -0.848. The molecule has 1 N–H and O–H groups in total. The zero-order valence-electron chi connectivity index (χ0n) is 9.66. The highest BCUT2D eigenvalue weighted by Crippen LogP contribution is 2.02. The molecule has 0 atom stereocenters. The average Bonchev–Trinajstić information content (AvgIpc) is 2.21. The molecule has 4 nitrogen and oxygen atoms in total. The first kappa shape index (κ1) is 13.9. The number of hydrogen-bond donors (Lipinski definition) is 1. The van der Waals surface area contributed by atoms with E-state index in [1.165, 1.54) is 0 Å². The van der Waals surface area contributed by atoms with Crippen LogP contribution in [0.25, 0.3) is 0 Å². The van der Waals surface area contributed by atoms with Crippen LogP contribution in [0.4, 0.5) is 0 Å². The highest BCUT2D eigenvalue weighted by molar-refractivity contribution is 5.76. The molecule has 0 aliphatic carbocycles. The van der Waals surface area contributed by atoms with Crippen molar-refractivity contribution < 1.29 is 14.7 Å². The van der Waals surface area contributed by atoms with Gasteiger partial charge >= 0.3 is 5.97 Å². The Hall–Kier alpha value is -1.06. The molecule has 0 unspecified atom stereocenters. The van der Waals surface area contributed by atoms with E-state index >= 15 is 0 Å². The summed E-state index contributed by atoms with van der Waals surface area (Å²) in [5.74, 6) is -0.799. The second kappa shape index (κ2) is 8.26.